The maximum absolute atomic E-state index is 6.00. The number of likely N-dealkylation sites (N-methyl/N-ethyl adjacent to an activating group) is 1. The third-order valence-electron chi connectivity index (χ3n) is 5.70. The summed E-state index contributed by atoms with van der Waals surface area (Å²) < 4.78 is 12.0. The van der Waals surface area contributed by atoms with Crippen LogP contribution in [0.4, 0.5) is 0 Å². The van der Waals surface area contributed by atoms with E-state index in [0.717, 1.165) is 32.7 Å². The minimum absolute atomic E-state index is 0.282. The molecule has 136 valence electrons. The number of piperazine rings is 1. The van der Waals surface area contributed by atoms with Crippen molar-refractivity contribution in [1.82, 2.24) is 9.80 Å². The van der Waals surface area contributed by atoms with Gasteiger partial charge in [-0.15, -0.1) is 0 Å². The Bertz CT molecular complexity index is 589. The fraction of sp³-hybridized carbons (Fsp3) is 0.600. The Hall–Kier alpha value is -1.14. The lowest BCUT2D eigenvalue weighted by atomic mass is 9.89. The minimum atomic E-state index is -0.283. The summed E-state index contributed by atoms with van der Waals surface area (Å²) in [6.07, 6.45) is 2.09. The van der Waals surface area contributed by atoms with E-state index in [9.17, 15) is 0 Å². The van der Waals surface area contributed by atoms with Crippen LogP contribution < -0.4 is 0 Å². The van der Waals surface area contributed by atoms with Gasteiger partial charge in [0, 0.05) is 32.7 Å². The Morgan fingerprint density at radius 2 is 1.52 bits per heavy atom. The van der Waals surface area contributed by atoms with Gasteiger partial charge in [-0.2, -0.15) is 0 Å². The van der Waals surface area contributed by atoms with Crippen LogP contribution in [0.25, 0.3) is 6.08 Å². The number of nitrogens with zero attached hydrogens (tertiary/aromatic N) is 2. The number of hydrogen-bond donors (Lipinski definition) is 0. The molecule has 0 unspecified atom stereocenters. The standard InChI is InChI=1S/C20H31BN2O2/c1-19(2)20(3,4)25-21(24-19)11-10-17-6-8-18(9-7-17)16-23-14-12-22(5)13-15-23/h6-11H,12-16H2,1-5H3. The quantitative estimate of drug-likeness (QED) is 0.785. The highest BCUT2D eigenvalue weighted by Crippen LogP contribution is 2.37. The molecule has 0 radical (unpaired) electrons. The molecule has 1 aromatic carbocycles. The second-order valence-corrected chi connectivity index (χ2v) is 8.30. The fourth-order valence-corrected chi connectivity index (χ4v) is 3.16. The SMILES string of the molecule is CN1CCN(Cc2ccc(C=CB3OC(C)(C)C(C)(C)O3)cc2)CC1. The van der Waals surface area contributed by atoms with E-state index in [1.807, 2.05) is 5.98 Å². The molecule has 2 saturated heterocycles. The van der Waals surface area contributed by atoms with Crippen molar-refractivity contribution in [2.24, 2.45) is 0 Å². The summed E-state index contributed by atoms with van der Waals surface area (Å²) in [5.41, 5.74) is 1.98. The molecule has 3 rings (SSSR count). The first kappa shape index (κ1) is 18.6. The van der Waals surface area contributed by atoms with Crippen LogP contribution in [-0.2, 0) is 15.9 Å². The molecule has 2 aliphatic heterocycles. The molecule has 0 spiro atoms. The van der Waals surface area contributed by atoms with Gasteiger partial charge in [0.1, 0.15) is 0 Å². The maximum Gasteiger partial charge on any atom is 0.487 e. The smallest absolute Gasteiger partial charge is 0.400 e. The molecule has 4 nitrogen and oxygen atoms in total. The molecule has 0 amide bonds. The third kappa shape index (κ3) is 4.53. The minimum Gasteiger partial charge on any atom is -0.400 e. The summed E-state index contributed by atoms with van der Waals surface area (Å²) in [5, 5.41) is 0. The number of hydrogen-bond acceptors (Lipinski definition) is 4. The van der Waals surface area contributed by atoms with Crippen LogP contribution in [0.5, 0.6) is 0 Å². The number of rotatable bonds is 4. The highest BCUT2D eigenvalue weighted by Gasteiger charge is 2.49. The maximum atomic E-state index is 6.00. The first-order valence-electron chi connectivity index (χ1n) is 9.29. The van der Waals surface area contributed by atoms with Crippen molar-refractivity contribution in [1.29, 1.82) is 0 Å². The highest BCUT2D eigenvalue weighted by atomic mass is 16.7. The van der Waals surface area contributed by atoms with Gasteiger partial charge in [-0.25, -0.2) is 0 Å². The summed E-state index contributed by atoms with van der Waals surface area (Å²) in [6, 6.07) is 8.80. The normalized spacial score (nSPS) is 24.3. The van der Waals surface area contributed by atoms with E-state index >= 15 is 0 Å². The van der Waals surface area contributed by atoms with Crippen LogP contribution in [0.2, 0.25) is 0 Å². The van der Waals surface area contributed by atoms with Gasteiger partial charge in [-0.05, 0) is 45.9 Å². The van der Waals surface area contributed by atoms with E-state index in [4.69, 9.17) is 9.31 Å². The topological polar surface area (TPSA) is 24.9 Å². The lowest BCUT2D eigenvalue weighted by molar-refractivity contribution is 0.00578. The van der Waals surface area contributed by atoms with Gasteiger partial charge in [0.2, 0.25) is 0 Å². The monoisotopic (exact) mass is 342 g/mol. The van der Waals surface area contributed by atoms with Crippen molar-refractivity contribution < 1.29 is 9.31 Å². The van der Waals surface area contributed by atoms with E-state index < -0.39 is 0 Å². The molecular formula is C20H31BN2O2. The summed E-state index contributed by atoms with van der Waals surface area (Å²) >= 11 is 0. The summed E-state index contributed by atoms with van der Waals surface area (Å²) in [6.45, 7) is 14.0. The Labute approximate surface area is 152 Å². The van der Waals surface area contributed by atoms with Gasteiger partial charge in [0.05, 0.1) is 11.2 Å². The molecule has 0 atom stereocenters. The van der Waals surface area contributed by atoms with E-state index in [1.165, 1.54) is 11.1 Å². The van der Waals surface area contributed by atoms with E-state index in [0.29, 0.717) is 0 Å². The van der Waals surface area contributed by atoms with E-state index in [-0.39, 0.29) is 18.3 Å². The predicted octanol–water partition coefficient (Wildman–Crippen LogP) is 3.08. The molecular weight excluding hydrogens is 311 g/mol. The molecule has 0 aromatic heterocycles. The second kappa shape index (κ2) is 7.24. The van der Waals surface area contributed by atoms with Crippen molar-refractivity contribution in [3.63, 3.8) is 0 Å². The fourth-order valence-electron chi connectivity index (χ4n) is 3.16. The van der Waals surface area contributed by atoms with Crippen LogP contribution in [0, 0.1) is 0 Å². The molecule has 2 aliphatic rings. The zero-order valence-corrected chi connectivity index (χ0v) is 16.3. The van der Waals surface area contributed by atoms with Gasteiger partial charge < -0.3 is 14.2 Å². The van der Waals surface area contributed by atoms with Crippen molar-refractivity contribution in [2.45, 2.75) is 45.4 Å². The molecule has 0 aliphatic carbocycles. The molecule has 2 heterocycles. The molecule has 0 bridgehead atoms. The Morgan fingerprint density at radius 3 is 2.08 bits per heavy atom. The zero-order valence-electron chi connectivity index (χ0n) is 16.3. The van der Waals surface area contributed by atoms with Crippen LogP contribution in [0.3, 0.4) is 0 Å². The Kier molecular flexibility index (Phi) is 5.40. The van der Waals surface area contributed by atoms with Crippen molar-refractivity contribution >= 4 is 13.2 Å². The highest BCUT2D eigenvalue weighted by molar-refractivity contribution is 6.52. The zero-order chi connectivity index (χ0) is 18.1. The Morgan fingerprint density at radius 1 is 0.960 bits per heavy atom. The largest absolute Gasteiger partial charge is 0.487 e. The molecule has 0 N–H and O–H groups in total. The lowest BCUT2D eigenvalue weighted by Gasteiger charge is -2.32. The van der Waals surface area contributed by atoms with Crippen molar-refractivity contribution in [3.8, 4) is 0 Å². The van der Waals surface area contributed by atoms with Gasteiger partial charge in [0.25, 0.3) is 0 Å². The van der Waals surface area contributed by atoms with Crippen LogP contribution in [0.15, 0.2) is 30.2 Å². The average molecular weight is 342 g/mol. The predicted molar refractivity (Wildman–Crippen MR) is 104 cm³/mol. The first-order chi connectivity index (χ1) is 11.7. The van der Waals surface area contributed by atoms with Gasteiger partial charge in [-0.3, -0.25) is 4.90 Å². The van der Waals surface area contributed by atoms with Gasteiger partial charge in [-0.1, -0.05) is 36.3 Å². The van der Waals surface area contributed by atoms with Crippen molar-refractivity contribution in [2.75, 3.05) is 33.2 Å². The molecule has 2 fully saturated rings. The lowest BCUT2D eigenvalue weighted by Crippen LogP contribution is -2.43. The van der Waals surface area contributed by atoms with Crippen LogP contribution in [0.1, 0.15) is 38.8 Å². The molecule has 5 heteroatoms. The summed E-state index contributed by atoms with van der Waals surface area (Å²) in [7, 11) is 1.91. The summed E-state index contributed by atoms with van der Waals surface area (Å²) in [5.74, 6) is 2.01. The van der Waals surface area contributed by atoms with E-state index in [1.54, 1.807) is 0 Å². The van der Waals surface area contributed by atoms with Gasteiger partial charge >= 0.3 is 7.12 Å². The number of benzene rings is 1. The Balaban J connectivity index is 1.54. The average Bonchev–Trinajstić information content (AvgIpc) is 2.76. The summed E-state index contributed by atoms with van der Waals surface area (Å²) in [4.78, 5) is 4.91. The molecule has 0 saturated carbocycles. The van der Waals surface area contributed by atoms with Gasteiger partial charge in [0.15, 0.2) is 0 Å². The second-order valence-electron chi connectivity index (χ2n) is 8.30. The first-order valence-corrected chi connectivity index (χ1v) is 9.29. The van der Waals surface area contributed by atoms with Crippen LogP contribution in [-0.4, -0.2) is 61.3 Å². The van der Waals surface area contributed by atoms with Crippen LogP contribution >= 0.6 is 0 Å². The molecule has 25 heavy (non-hydrogen) atoms. The third-order valence-corrected chi connectivity index (χ3v) is 5.70. The molecule has 1 aromatic rings. The van der Waals surface area contributed by atoms with E-state index in [2.05, 4.69) is 74.9 Å². The van der Waals surface area contributed by atoms with Crippen molar-refractivity contribution in [3.05, 3.63) is 41.4 Å².